The minimum atomic E-state index is -0.201. The van der Waals surface area contributed by atoms with Crippen molar-refractivity contribution in [2.45, 2.75) is 56.7 Å². The van der Waals surface area contributed by atoms with E-state index in [1.54, 1.807) is 17.4 Å². The number of aromatic amines is 1. The Morgan fingerprint density at radius 2 is 2.20 bits per heavy atom. The zero-order chi connectivity index (χ0) is 17.3. The van der Waals surface area contributed by atoms with Crippen LogP contribution in [0, 0.1) is 0 Å². The predicted octanol–water partition coefficient (Wildman–Crippen LogP) is 2.14. The molecule has 1 amide bonds. The Hall–Kier alpha value is -2.21. The second-order valence-corrected chi connectivity index (χ2v) is 7.33. The summed E-state index contributed by atoms with van der Waals surface area (Å²) in [5, 5.41) is 3.69. The summed E-state index contributed by atoms with van der Waals surface area (Å²) < 4.78 is 0. The lowest BCUT2D eigenvalue weighted by atomic mass is 9.75. The van der Waals surface area contributed by atoms with Crippen LogP contribution in [0.25, 0.3) is 0 Å². The number of fused-ring (bicyclic) bond motifs is 2. The molecule has 132 valence electrons. The molecule has 2 aliphatic rings. The zero-order valence-corrected chi connectivity index (χ0v) is 14.7. The molecule has 6 heteroatoms. The van der Waals surface area contributed by atoms with Crippen LogP contribution in [0.2, 0.25) is 0 Å². The number of rotatable bonds is 3. The Morgan fingerprint density at radius 3 is 2.96 bits per heavy atom. The van der Waals surface area contributed by atoms with Gasteiger partial charge in [0, 0.05) is 38.1 Å². The molecule has 2 aromatic heterocycles. The first-order chi connectivity index (χ1) is 12.2. The number of amides is 1. The average molecular weight is 339 g/mol. The van der Waals surface area contributed by atoms with Crippen molar-refractivity contribution in [2.75, 3.05) is 7.05 Å². The lowest BCUT2D eigenvalue weighted by molar-refractivity contribution is -0.133. The molecule has 0 saturated heterocycles. The first-order valence-electron chi connectivity index (χ1n) is 9.12. The Labute approximate surface area is 148 Å². The molecule has 1 saturated carbocycles. The molecule has 3 heterocycles. The van der Waals surface area contributed by atoms with Gasteiger partial charge in [-0.25, -0.2) is 4.98 Å². The van der Waals surface area contributed by atoms with Crippen LogP contribution in [0.3, 0.4) is 0 Å². The molecule has 1 aliphatic heterocycles. The third-order valence-electron chi connectivity index (χ3n) is 5.55. The number of hydrogen-bond donors (Lipinski definition) is 2. The lowest BCUT2D eigenvalue weighted by Gasteiger charge is -2.44. The topological polar surface area (TPSA) is 73.9 Å². The van der Waals surface area contributed by atoms with E-state index < -0.39 is 0 Å². The lowest BCUT2D eigenvalue weighted by Crippen LogP contribution is -2.58. The van der Waals surface area contributed by atoms with Crippen molar-refractivity contribution in [1.29, 1.82) is 0 Å². The summed E-state index contributed by atoms with van der Waals surface area (Å²) >= 11 is 0. The van der Waals surface area contributed by atoms with Crippen molar-refractivity contribution < 1.29 is 4.79 Å². The Morgan fingerprint density at radius 1 is 1.36 bits per heavy atom. The summed E-state index contributed by atoms with van der Waals surface area (Å²) in [5.74, 6) is 0.133. The van der Waals surface area contributed by atoms with Gasteiger partial charge in [0.2, 0.25) is 5.91 Å². The summed E-state index contributed by atoms with van der Waals surface area (Å²) in [5.41, 5.74) is 3.16. The van der Waals surface area contributed by atoms with Gasteiger partial charge in [0.1, 0.15) is 0 Å². The largest absolute Gasteiger partial charge is 0.348 e. The van der Waals surface area contributed by atoms with Gasteiger partial charge in [0.15, 0.2) is 0 Å². The SMILES string of the molecule is CN(Cc1cccnc1)C(=O)[C@@H]1Cc2[nH]cnc2C2(CCCCC2)N1. The Kier molecular flexibility index (Phi) is 4.29. The van der Waals surface area contributed by atoms with Gasteiger partial charge in [-0.15, -0.1) is 0 Å². The van der Waals surface area contributed by atoms with Crippen molar-refractivity contribution in [3.05, 3.63) is 47.8 Å². The normalized spacial score (nSPS) is 21.7. The highest BCUT2D eigenvalue weighted by molar-refractivity contribution is 5.82. The van der Waals surface area contributed by atoms with E-state index in [-0.39, 0.29) is 17.5 Å². The quantitative estimate of drug-likeness (QED) is 0.898. The van der Waals surface area contributed by atoms with E-state index in [4.69, 9.17) is 0 Å². The zero-order valence-electron chi connectivity index (χ0n) is 14.7. The molecular weight excluding hydrogens is 314 g/mol. The van der Waals surface area contributed by atoms with Crippen LogP contribution in [0.5, 0.6) is 0 Å². The van der Waals surface area contributed by atoms with Crippen LogP contribution in [0.1, 0.15) is 49.1 Å². The second kappa shape index (κ2) is 6.59. The number of hydrogen-bond acceptors (Lipinski definition) is 4. The molecule has 6 nitrogen and oxygen atoms in total. The molecular formula is C19H25N5O. The summed E-state index contributed by atoms with van der Waals surface area (Å²) in [6.45, 7) is 0.577. The van der Waals surface area contributed by atoms with Crippen molar-refractivity contribution in [1.82, 2.24) is 25.2 Å². The van der Waals surface area contributed by atoms with E-state index in [0.717, 1.165) is 29.8 Å². The Balaban J connectivity index is 1.53. The number of nitrogens with zero attached hydrogens (tertiary/aromatic N) is 3. The molecule has 1 aliphatic carbocycles. The molecule has 0 radical (unpaired) electrons. The van der Waals surface area contributed by atoms with E-state index >= 15 is 0 Å². The van der Waals surface area contributed by atoms with Crippen LogP contribution >= 0.6 is 0 Å². The highest BCUT2D eigenvalue weighted by atomic mass is 16.2. The van der Waals surface area contributed by atoms with Crippen molar-refractivity contribution >= 4 is 5.91 Å². The van der Waals surface area contributed by atoms with E-state index in [9.17, 15) is 4.79 Å². The van der Waals surface area contributed by atoms with Crippen LogP contribution in [0.4, 0.5) is 0 Å². The molecule has 4 rings (SSSR count). The molecule has 0 aromatic carbocycles. The maximum atomic E-state index is 13.1. The number of likely N-dealkylation sites (N-methyl/N-ethyl adjacent to an activating group) is 1. The highest BCUT2D eigenvalue weighted by Crippen LogP contribution is 2.40. The van der Waals surface area contributed by atoms with E-state index in [2.05, 4.69) is 20.3 Å². The van der Waals surface area contributed by atoms with Crippen molar-refractivity contribution in [3.63, 3.8) is 0 Å². The molecule has 0 bridgehead atoms. The van der Waals surface area contributed by atoms with Gasteiger partial charge in [0.25, 0.3) is 0 Å². The van der Waals surface area contributed by atoms with Gasteiger partial charge in [-0.05, 0) is 24.5 Å². The van der Waals surface area contributed by atoms with Crippen LogP contribution in [0.15, 0.2) is 30.9 Å². The smallest absolute Gasteiger partial charge is 0.240 e. The fourth-order valence-corrected chi connectivity index (χ4v) is 4.34. The monoisotopic (exact) mass is 339 g/mol. The molecule has 1 atom stereocenters. The number of pyridine rings is 1. The number of H-pyrrole nitrogens is 1. The molecule has 2 N–H and O–H groups in total. The summed E-state index contributed by atoms with van der Waals surface area (Å²) in [6.07, 6.45) is 11.8. The number of carbonyl (C=O) groups excluding carboxylic acids is 1. The van der Waals surface area contributed by atoms with Gasteiger partial charge in [0.05, 0.1) is 23.6 Å². The average Bonchev–Trinajstić information content (AvgIpc) is 3.12. The summed E-state index contributed by atoms with van der Waals surface area (Å²) in [4.78, 5) is 26.9. The van der Waals surface area contributed by atoms with Gasteiger partial charge >= 0.3 is 0 Å². The highest BCUT2D eigenvalue weighted by Gasteiger charge is 2.44. The third kappa shape index (κ3) is 3.06. The number of aromatic nitrogens is 3. The number of nitrogens with one attached hydrogen (secondary N) is 2. The first kappa shape index (κ1) is 16.3. The molecule has 25 heavy (non-hydrogen) atoms. The summed E-state index contributed by atoms with van der Waals surface area (Å²) in [6, 6.07) is 3.70. The third-order valence-corrected chi connectivity index (χ3v) is 5.55. The van der Waals surface area contributed by atoms with Gasteiger partial charge < -0.3 is 9.88 Å². The number of imidazole rings is 1. The van der Waals surface area contributed by atoms with E-state index in [1.165, 1.54) is 19.3 Å². The van der Waals surface area contributed by atoms with Crippen molar-refractivity contribution in [2.24, 2.45) is 0 Å². The van der Waals surface area contributed by atoms with E-state index in [0.29, 0.717) is 13.0 Å². The van der Waals surface area contributed by atoms with Gasteiger partial charge in [-0.3, -0.25) is 15.1 Å². The maximum absolute atomic E-state index is 13.1. The van der Waals surface area contributed by atoms with Crippen LogP contribution in [-0.4, -0.2) is 38.8 Å². The fraction of sp³-hybridized carbons (Fsp3) is 0.526. The molecule has 1 fully saturated rings. The van der Waals surface area contributed by atoms with Crippen LogP contribution in [-0.2, 0) is 23.3 Å². The molecule has 0 unspecified atom stereocenters. The van der Waals surface area contributed by atoms with Crippen molar-refractivity contribution in [3.8, 4) is 0 Å². The first-order valence-corrected chi connectivity index (χ1v) is 9.12. The minimum Gasteiger partial charge on any atom is -0.348 e. The fourth-order valence-electron chi connectivity index (χ4n) is 4.34. The van der Waals surface area contributed by atoms with Gasteiger partial charge in [-0.2, -0.15) is 0 Å². The number of carbonyl (C=O) groups is 1. The second-order valence-electron chi connectivity index (χ2n) is 7.33. The Bertz CT molecular complexity index is 735. The maximum Gasteiger partial charge on any atom is 0.240 e. The van der Waals surface area contributed by atoms with E-state index in [1.807, 2.05) is 25.4 Å². The standard InChI is InChI=1S/C19H25N5O/c1-24(12-14-6-5-9-20-11-14)18(25)16-10-15-17(22-13-21-15)19(23-16)7-3-2-4-8-19/h5-6,9,11,13,16,23H,2-4,7-8,10,12H2,1H3,(H,21,22)/t16-/m0/s1. The molecule has 1 spiro atoms. The predicted molar refractivity (Wildman–Crippen MR) is 94.7 cm³/mol. The minimum absolute atomic E-state index is 0.133. The van der Waals surface area contributed by atoms with Gasteiger partial charge in [-0.1, -0.05) is 25.3 Å². The molecule has 2 aromatic rings. The summed E-state index contributed by atoms with van der Waals surface area (Å²) in [7, 11) is 1.87. The van der Waals surface area contributed by atoms with Crippen LogP contribution < -0.4 is 5.32 Å².